The summed E-state index contributed by atoms with van der Waals surface area (Å²) in [5.74, 6) is -0.135. The summed E-state index contributed by atoms with van der Waals surface area (Å²) in [5, 5.41) is 3.22. The highest BCUT2D eigenvalue weighted by molar-refractivity contribution is 5.57. The van der Waals surface area contributed by atoms with Gasteiger partial charge in [-0.15, -0.1) is 0 Å². The van der Waals surface area contributed by atoms with E-state index in [2.05, 4.69) is 24.1 Å². The molecule has 0 aromatic heterocycles. The summed E-state index contributed by atoms with van der Waals surface area (Å²) in [4.78, 5) is 2.31. The van der Waals surface area contributed by atoms with E-state index in [0.29, 0.717) is 11.7 Å². The van der Waals surface area contributed by atoms with Gasteiger partial charge in [-0.25, -0.2) is 4.39 Å². The van der Waals surface area contributed by atoms with Crippen molar-refractivity contribution >= 4 is 5.69 Å². The smallest absolute Gasteiger partial charge is 0.126 e. The lowest BCUT2D eigenvalue weighted by atomic mass is 10.0. The Kier molecular flexibility index (Phi) is 5.59. The van der Waals surface area contributed by atoms with Gasteiger partial charge in [-0.05, 0) is 63.9 Å². The lowest BCUT2D eigenvalue weighted by molar-refractivity contribution is 0.115. The number of nitrogens with one attached hydrogen (secondary N) is 1. The summed E-state index contributed by atoms with van der Waals surface area (Å²) in [6.07, 6.45) is 2.56. The fourth-order valence-electron chi connectivity index (χ4n) is 2.89. The van der Waals surface area contributed by atoms with Crippen molar-refractivity contribution in [1.82, 2.24) is 5.32 Å². The molecule has 1 N–H and O–H groups in total. The van der Waals surface area contributed by atoms with E-state index in [0.717, 1.165) is 43.8 Å². The number of hydrogen-bond donors (Lipinski definition) is 1. The minimum absolute atomic E-state index is 0.119. The molecule has 1 saturated heterocycles. The van der Waals surface area contributed by atoms with Crippen LogP contribution in [0.5, 0.6) is 0 Å². The molecular weight excluding hydrogens is 267 g/mol. The Morgan fingerprint density at radius 3 is 2.81 bits per heavy atom. The Morgan fingerprint density at radius 2 is 2.24 bits per heavy atom. The molecule has 1 aromatic carbocycles. The molecule has 0 radical (unpaired) electrons. The highest BCUT2D eigenvalue weighted by Crippen LogP contribution is 2.30. The summed E-state index contributed by atoms with van der Waals surface area (Å²) in [6.45, 7) is 8.67. The van der Waals surface area contributed by atoms with Crippen LogP contribution in [0.15, 0.2) is 12.1 Å². The van der Waals surface area contributed by atoms with Gasteiger partial charge in [-0.2, -0.15) is 0 Å². The van der Waals surface area contributed by atoms with Gasteiger partial charge in [-0.3, -0.25) is 0 Å². The Balaban J connectivity index is 2.31. The molecule has 4 heteroatoms. The van der Waals surface area contributed by atoms with Crippen LogP contribution in [0.3, 0.4) is 0 Å². The Bertz CT molecular complexity index is 472. The van der Waals surface area contributed by atoms with Crippen molar-refractivity contribution in [2.75, 3.05) is 31.6 Å². The van der Waals surface area contributed by atoms with Gasteiger partial charge in [0.05, 0.1) is 6.10 Å². The zero-order valence-electron chi connectivity index (χ0n) is 13.6. The molecular formula is C17H27FN2O. The first kappa shape index (κ1) is 16.2. The number of likely N-dealkylation sites (N-methyl/N-ethyl adjacent to an activating group) is 1. The lowest BCUT2D eigenvalue weighted by Crippen LogP contribution is -2.33. The number of halogens is 1. The van der Waals surface area contributed by atoms with Crippen LogP contribution in [0.1, 0.15) is 43.9 Å². The van der Waals surface area contributed by atoms with Gasteiger partial charge in [0, 0.05) is 31.4 Å². The molecule has 1 aliphatic heterocycles. The van der Waals surface area contributed by atoms with E-state index in [9.17, 15) is 4.39 Å². The highest BCUT2D eigenvalue weighted by Gasteiger charge is 2.22. The summed E-state index contributed by atoms with van der Waals surface area (Å²) >= 11 is 0. The summed E-state index contributed by atoms with van der Waals surface area (Å²) in [7, 11) is 1.91. The molecule has 21 heavy (non-hydrogen) atoms. The van der Waals surface area contributed by atoms with E-state index in [4.69, 9.17) is 4.74 Å². The summed E-state index contributed by atoms with van der Waals surface area (Å²) in [6, 6.07) is 3.76. The molecule has 1 heterocycles. The molecule has 118 valence electrons. The van der Waals surface area contributed by atoms with E-state index < -0.39 is 0 Å². The topological polar surface area (TPSA) is 24.5 Å². The van der Waals surface area contributed by atoms with E-state index in [1.165, 1.54) is 0 Å². The Labute approximate surface area is 127 Å². The van der Waals surface area contributed by atoms with Crippen molar-refractivity contribution in [3.8, 4) is 0 Å². The first-order valence-electron chi connectivity index (χ1n) is 7.90. The second-order valence-corrected chi connectivity index (χ2v) is 5.84. The number of nitrogens with zero attached hydrogens (tertiary/aromatic N) is 1. The number of ether oxygens (including phenoxy) is 1. The summed E-state index contributed by atoms with van der Waals surface area (Å²) in [5.41, 5.74) is 2.83. The van der Waals surface area contributed by atoms with Crippen molar-refractivity contribution < 1.29 is 9.13 Å². The zero-order chi connectivity index (χ0) is 15.4. The average Bonchev–Trinajstić information content (AvgIpc) is 2.99. The van der Waals surface area contributed by atoms with E-state index in [1.807, 2.05) is 20.0 Å². The fourth-order valence-corrected chi connectivity index (χ4v) is 2.89. The van der Waals surface area contributed by atoms with Gasteiger partial charge in [0.1, 0.15) is 5.82 Å². The fraction of sp³-hybridized carbons (Fsp3) is 0.647. The third-order valence-electron chi connectivity index (χ3n) is 4.38. The molecule has 2 atom stereocenters. The largest absolute Gasteiger partial charge is 0.376 e. The monoisotopic (exact) mass is 294 g/mol. The number of hydrogen-bond acceptors (Lipinski definition) is 3. The van der Waals surface area contributed by atoms with Crippen LogP contribution < -0.4 is 10.2 Å². The molecule has 2 unspecified atom stereocenters. The minimum Gasteiger partial charge on any atom is -0.376 e. The quantitative estimate of drug-likeness (QED) is 0.870. The number of benzene rings is 1. The van der Waals surface area contributed by atoms with Crippen LogP contribution in [0.4, 0.5) is 10.1 Å². The predicted molar refractivity (Wildman–Crippen MR) is 85.5 cm³/mol. The average molecular weight is 294 g/mol. The van der Waals surface area contributed by atoms with Crippen LogP contribution in [0.25, 0.3) is 0 Å². The van der Waals surface area contributed by atoms with E-state index in [1.54, 1.807) is 6.07 Å². The molecule has 0 bridgehead atoms. The van der Waals surface area contributed by atoms with E-state index in [-0.39, 0.29) is 11.9 Å². The third kappa shape index (κ3) is 3.74. The SMILES string of the molecule is CCN(CC1CCCO1)c1cc(C)c(F)cc1C(C)NC. The maximum absolute atomic E-state index is 14.0. The third-order valence-corrected chi connectivity index (χ3v) is 4.38. The minimum atomic E-state index is -0.135. The van der Waals surface area contributed by atoms with Gasteiger partial charge in [0.15, 0.2) is 0 Å². The number of anilines is 1. The van der Waals surface area contributed by atoms with Crippen LogP contribution in [0.2, 0.25) is 0 Å². The van der Waals surface area contributed by atoms with Crippen LogP contribution in [-0.2, 0) is 4.74 Å². The van der Waals surface area contributed by atoms with Gasteiger partial charge < -0.3 is 15.0 Å². The van der Waals surface area contributed by atoms with Crippen LogP contribution >= 0.6 is 0 Å². The molecule has 3 nitrogen and oxygen atoms in total. The Hall–Kier alpha value is -1.13. The molecule has 0 spiro atoms. The normalized spacial score (nSPS) is 19.8. The molecule has 0 saturated carbocycles. The maximum Gasteiger partial charge on any atom is 0.126 e. The zero-order valence-corrected chi connectivity index (χ0v) is 13.6. The second kappa shape index (κ2) is 7.23. The molecule has 1 aromatic rings. The first-order valence-corrected chi connectivity index (χ1v) is 7.90. The van der Waals surface area contributed by atoms with Crippen molar-refractivity contribution in [1.29, 1.82) is 0 Å². The van der Waals surface area contributed by atoms with Crippen molar-refractivity contribution in [2.45, 2.75) is 45.8 Å². The predicted octanol–water partition coefficient (Wildman–Crippen LogP) is 3.42. The highest BCUT2D eigenvalue weighted by atomic mass is 19.1. The molecule has 0 aliphatic carbocycles. The van der Waals surface area contributed by atoms with Gasteiger partial charge in [0.25, 0.3) is 0 Å². The molecule has 0 amide bonds. The summed E-state index contributed by atoms with van der Waals surface area (Å²) < 4.78 is 19.7. The molecule has 2 rings (SSSR count). The standard InChI is InChI=1S/C17H27FN2O/c1-5-20(11-14-7-6-8-21-14)17-9-12(2)16(18)10-15(17)13(3)19-4/h9-10,13-14,19H,5-8,11H2,1-4H3. The van der Waals surface area contributed by atoms with Gasteiger partial charge in [-0.1, -0.05) is 0 Å². The van der Waals surface area contributed by atoms with Gasteiger partial charge in [0.2, 0.25) is 0 Å². The van der Waals surface area contributed by atoms with Crippen LogP contribution in [-0.4, -0.2) is 32.8 Å². The van der Waals surface area contributed by atoms with Crippen molar-refractivity contribution in [2.24, 2.45) is 0 Å². The van der Waals surface area contributed by atoms with Crippen molar-refractivity contribution in [3.05, 3.63) is 29.1 Å². The van der Waals surface area contributed by atoms with E-state index >= 15 is 0 Å². The molecule has 1 fully saturated rings. The second-order valence-electron chi connectivity index (χ2n) is 5.84. The number of rotatable bonds is 6. The van der Waals surface area contributed by atoms with Crippen molar-refractivity contribution in [3.63, 3.8) is 0 Å². The Morgan fingerprint density at radius 1 is 1.48 bits per heavy atom. The van der Waals surface area contributed by atoms with Crippen LogP contribution in [0, 0.1) is 12.7 Å². The number of aryl methyl sites for hydroxylation is 1. The molecule has 1 aliphatic rings. The van der Waals surface area contributed by atoms with Gasteiger partial charge >= 0.3 is 0 Å². The first-order chi connectivity index (χ1) is 10.1. The lowest BCUT2D eigenvalue weighted by Gasteiger charge is -2.30. The maximum atomic E-state index is 14.0.